The minimum absolute atomic E-state index is 0.124. The Kier molecular flexibility index (Phi) is 5.51. The summed E-state index contributed by atoms with van der Waals surface area (Å²) < 4.78 is 4.78. The molecule has 0 saturated heterocycles. The molecule has 0 aromatic heterocycles. The lowest BCUT2D eigenvalue weighted by Crippen LogP contribution is -2.44. The number of esters is 1. The molecular weight excluding hydrogens is 244 g/mol. The van der Waals surface area contributed by atoms with Crippen LogP contribution in [-0.2, 0) is 19.1 Å². The summed E-state index contributed by atoms with van der Waals surface area (Å²) in [6.45, 7) is 6.11. The molecule has 0 rings (SSSR count). The lowest BCUT2D eigenvalue weighted by molar-refractivity contribution is -0.170. The Morgan fingerprint density at radius 3 is 2.17 bits per heavy atom. The second-order valence-electron chi connectivity index (χ2n) is 4.11. The Labute approximate surface area is 104 Å². The van der Waals surface area contributed by atoms with Crippen molar-refractivity contribution >= 4 is 17.9 Å². The van der Waals surface area contributed by atoms with Crippen LogP contribution >= 0.6 is 0 Å². The average molecular weight is 260 g/mol. The Morgan fingerprint density at radius 1 is 1.33 bits per heavy atom. The minimum Gasteiger partial charge on any atom is -0.481 e. The third kappa shape index (κ3) is 4.96. The molecule has 102 valence electrons. The average Bonchev–Trinajstić information content (AvgIpc) is 2.14. The van der Waals surface area contributed by atoms with E-state index in [1.807, 2.05) is 0 Å². The van der Waals surface area contributed by atoms with Crippen molar-refractivity contribution < 1.29 is 34.4 Å². The van der Waals surface area contributed by atoms with E-state index in [1.165, 1.54) is 13.8 Å². The van der Waals surface area contributed by atoms with Gasteiger partial charge in [0.15, 0.2) is 5.60 Å². The predicted octanol–water partition coefficient (Wildman–Crippen LogP) is 0.175. The van der Waals surface area contributed by atoms with Gasteiger partial charge in [-0.15, -0.1) is 0 Å². The van der Waals surface area contributed by atoms with Crippen LogP contribution in [0.15, 0.2) is 12.2 Å². The van der Waals surface area contributed by atoms with Gasteiger partial charge in [0.25, 0.3) is 0 Å². The summed E-state index contributed by atoms with van der Waals surface area (Å²) in [5, 5.41) is 27.0. The Hall–Kier alpha value is -1.89. The summed E-state index contributed by atoms with van der Waals surface area (Å²) >= 11 is 0. The molecule has 0 aromatic carbocycles. The van der Waals surface area contributed by atoms with Gasteiger partial charge in [-0.2, -0.15) is 0 Å². The van der Waals surface area contributed by atoms with Crippen LogP contribution in [0, 0.1) is 0 Å². The van der Waals surface area contributed by atoms with Crippen molar-refractivity contribution in [1.82, 2.24) is 0 Å². The topological polar surface area (TPSA) is 121 Å². The molecule has 0 heterocycles. The van der Waals surface area contributed by atoms with E-state index < -0.39 is 42.5 Å². The monoisotopic (exact) mass is 260 g/mol. The zero-order valence-corrected chi connectivity index (χ0v) is 10.2. The molecule has 2 unspecified atom stereocenters. The maximum absolute atomic E-state index is 11.2. The highest BCUT2D eigenvalue weighted by Gasteiger charge is 2.40. The minimum atomic E-state index is -2.47. The van der Waals surface area contributed by atoms with E-state index in [0.717, 1.165) is 0 Å². The number of carboxylic acids is 2. The highest BCUT2D eigenvalue weighted by Crippen LogP contribution is 2.20. The third-order valence-corrected chi connectivity index (χ3v) is 2.12. The number of ether oxygens (including phenoxy) is 1. The zero-order chi connectivity index (χ0) is 14.5. The van der Waals surface area contributed by atoms with Crippen LogP contribution in [0.3, 0.4) is 0 Å². The Morgan fingerprint density at radius 2 is 1.83 bits per heavy atom. The lowest BCUT2D eigenvalue weighted by Gasteiger charge is -2.24. The van der Waals surface area contributed by atoms with Gasteiger partial charge < -0.3 is 20.1 Å². The van der Waals surface area contributed by atoms with E-state index in [4.69, 9.17) is 14.9 Å². The summed E-state index contributed by atoms with van der Waals surface area (Å²) in [4.78, 5) is 32.5. The van der Waals surface area contributed by atoms with E-state index in [-0.39, 0.29) is 5.57 Å². The van der Waals surface area contributed by atoms with Gasteiger partial charge in [0.2, 0.25) is 0 Å². The molecule has 0 aliphatic rings. The van der Waals surface area contributed by atoms with Crippen LogP contribution in [0.4, 0.5) is 0 Å². The second-order valence-corrected chi connectivity index (χ2v) is 4.11. The predicted molar refractivity (Wildman–Crippen MR) is 59.8 cm³/mol. The van der Waals surface area contributed by atoms with E-state index in [2.05, 4.69) is 6.58 Å². The SMILES string of the molecule is C=C(C)C(=O)OC(C)CC(O)(CC(=O)O)C(=O)O. The standard InChI is InChI=1S/C11H16O7/c1-6(2)9(14)18-7(3)4-11(17,10(15)16)5-8(12)13/h7,17H,1,4-5H2,2-3H3,(H,12,13)(H,15,16). The normalized spacial score (nSPS) is 15.3. The highest BCUT2D eigenvalue weighted by molar-refractivity contribution is 5.87. The fourth-order valence-corrected chi connectivity index (χ4v) is 1.29. The summed E-state index contributed by atoms with van der Waals surface area (Å²) in [6.07, 6.45) is -2.44. The lowest BCUT2D eigenvalue weighted by atomic mass is 9.93. The number of aliphatic carboxylic acids is 2. The molecule has 0 bridgehead atoms. The summed E-state index contributed by atoms with van der Waals surface area (Å²) in [7, 11) is 0. The van der Waals surface area contributed by atoms with Gasteiger partial charge in [-0.3, -0.25) is 4.79 Å². The molecule has 3 N–H and O–H groups in total. The van der Waals surface area contributed by atoms with Crippen LogP contribution in [-0.4, -0.2) is 44.9 Å². The van der Waals surface area contributed by atoms with Gasteiger partial charge in [0.1, 0.15) is 6.10 Å². The molecule has 7 nitrogen and oxygen atoms in total. The van der Waals surface area contributed by atoms with Gasteiger partial charge in [-0.05, 0) is 13.8 Å². The van der Waals surface area contributed by atoms with Crippen LogP contribution < -0.4 is 0 Å². The number of hydrogen-bond donors (Lipinski definition) is 3. The molecule has 7 heteroatoms. The molecule has 0 aromatic rings. The second kappa shape index (κ2) is 6.15. The molecule has 0 fully saturated rings. The van der Waals surface area contributed by atoms with Crippen molar-refractivity contribution in [2.75, 3.05) is 0 Å². The van der Waals surface area contributed by atoms with Crippen molar-refractivity contribution in [3.63, 3.8) is 0 Å². The number of hydrogen-bond acceptors (Lipinski definition) is 5. The third-order valence-electron chi connectivity index (χ3n) is 2.12. The van der Waals surface area contributed by atoms with Gasteiger partial charge in [-0.1, -0.05) is 6.58 Å². The number of carbonyl (C=O) groups is 3. The van der Waals surface area contributed by atoms with E-state index >= 15 is 0 Å². The first-order valence-electron chi connectivity index (χ1n) is 5.12. The van der Waals surface area contributed by atoms with E-state index in [1.54, 1.807) is 0 Å². The van der Waals surface area contributed by atoms with Gasteiger partial charge >= 0.3 is 17.9 Å². The Bertz CT molecular complexity index is 374. The molecule has 2 atom stereocenters. The first kappa shape index (κ1) is 16.1. The molecule has 0 aliphatic heterocycles. The first-order valence-corrected chi connectivity index (χ1v) is 5.12. The van der Waals surface area contributed by atoms with Crippen LogP contribution in [0.2, 0.25) is 0 Å². The van der Waals surface area contributed by atoms with Gasteiger partial charge in [0, 0.05) is 12.0 Å². The van der Waals surface area contributed by atoms with E-state index in [9.17, 15) is 19.5 Å². The van der Waals surface area contributed by atoms with Crippen molar-refractivity contribution in [2.24, 2.45) is 0 Å². The van der Waals surface area contributed by atoms with Crippen molar-refractivity contribution in [2.45, 2.75) is 38.4 Å². The molecule has 18 heavy (non-hydrogen) atoms. The summed E-state index contributed by atoms with van der Waals surface area (Å²) in [6, 6.07) is 0. The highest BCUT2D eigenvalue weighted by atomic mass is 16.5. The van der Waals surface area contributed by atoms with Crippen LogP contribution in [0.25, 0.3) is 0 Å². The molecule has 0 saturated carbocycles. The number of rotatable bonds is 7. The first-order chi connectivity index (χ1) is 8.08. The summed E-state index contributed by atoms with van der Waals surface area (Å²) in [5.41, 5.74) is -2.35. The van der Waals surface area contributed by atoms with Gasteiger partial charge in [0.05, 0.1) is 6.42 Å². The smallest absolute Gasteiger partial charge is 0.336 e. The van der Waals surface area contributed by atoms with E-state index in [0.29, 0.717) is 0 Å². The summed E-state index contributed by atoms with van der Waals surface area (Å²) in [5.74, 6) is -3.87. The number of carbonyl (C=O) groups excluding carboxylic acids is 1. The van der Waals surface area contributed by atoms with Gasteiger partial charge in [-0.25, -0.2) is 9.59 Å². The molecule has 0 amide bonds. The van der Waals surface area contributed by atoms with Crippen LogP contribution in [0.5, 0.6) is 0 Å². The van der Waals surface area contributed by atoms with Crippen molar-refractivity contribution in [1.29, 1.82) is 0 Å². The van der Waals surface area contributed by atoms with Crippen molar-refractivity contribution in [3.05, 3.63) is 12.2 Å². The quantitative estimate of drug-likeness (QED) is 0.440. The fraction of sp³-hybridized carbons (Fsp3) is 0.545. The maximum Gasteiger partial charge on any atom is 0.336 e. The molecule has 0 radical (unpaired) electrons. The molecule has 0 aliphatic carbocycles. The van der Waals surface area contributed by atoms with Crippen molar-refractivity contribution in [3.8, 4) is 0 Å². The number of aliphatic hydroxyl groups is 1. The zero-order valence-electron chi connectivity index (χ0n) is 10.2. The molecule has 0 spiro atoms. The fourth-order valence-electron chi connectivity index (χ4n) is 1.29. The number of carboxylic acid groups (broad SMARTS) is 2. The van der Waals surface area contributed by atoms with Crippen LogP contribution in [0.1, 0.15) is 26.7 Å². The largest absolute Gasteiger partial charge is 0.481 e. The Balaban J connectivity index is 4.69. The maximum atomic E-state index is 11.2. The molecular formula is C11H16O7.